The molecule has 0 bridgehead atoms. The lowest BCUT2D eigenvalue weighted by Gasteiger charge is -2.10. The molecule has 1 N–H and O–H groups in total. The van der Waals surface area contributed by atoms with Gasteiger partial charge in [-0.2, -0.15) is 0 Å². The fraction of sp³-hybridized carbons (Fsp3) is 0.500. The normalized spacial score (nSPS) is 10.3. The van der Waals surface area contributed by atoms with Gasteiger partial charge in [-0.05, 0) is 12.8 Å². The van der Waals surface area contributed by atoms with Crippen LogP contribution in [0.1, 0.15) is 36.3 Å². The summed E-state index contributed by atoms with van der Waals surface area (Å²) in [7, 11) is 1.57. The first-order chi connectivity index (χ1) is 8.02. The Morgan fingerprint density at radius 1 is 1.47 bits per heavy atom. The van der Waals surface area contributed by atoms with Crippen LogP contribution in [0.2, 0.25) is 0 Å². The van der Waals surface area contributed by atoms with Gasteiger partial charge in [0.1, 0.15) is 5.75 Å². The predicted octanol–water partition coefficient (Wildman–Crippen LogP) is 1.22. The van der Waals surface area contributed by atoms with Crippen LogP contribution in [-0.2, 0) is 18.2 Å². The van der Waals surface area contributed by atoms with E-state index in [9.17, 15) is 14.7 Å². The molecule has 0 unspecified atom stereocenters. The third-order valence-corrected chi connectivity index (χ3v) is 2.51. The molecule has 0 atom stereocenters. The maximum absolute atomic E-state index is 11.9. The molecule has 1 aromatic heterocycles. The summed E-state index contributed by atoms with van der Waals surface area (Å²) in [6, 6.07) is 1.42. The standard InChI is InChI=1S/C12H17NO4/c1-4-6-17-12(16)10-9(14)7-8(5-2)13(3)11(10)15/h7,14H,4-6H2,1-3H3. The molecule has 1 rings (SSSR count). The van der Waals surface area contributed by atoms with Crippen molar-refractivity contribution in [3.63, 3.8) is 0 Å². The average molecular weight is 239 g/mol. The molecule has 1 heterocycles. The summed E-state index contributed by atoms with van der Waals surface area (Å²) < 4.78 is 6.20. The number of hydrogen-bond donors (Lipinski definition) is 1. The summed E-state index contributed by atoms with van der Waals surface area (Å²) in [4.78, 5) is 23.5. The number of ether oxygens (including phenoxy) is 1. The zero-order valence-corrected chi connectivity index (χ0v) is 10.3. The summed E-state index contributed by atoms with van der Waals surface area (Å²) in [6.07, 6.45) is 1.27. The fourth-order valence-electron chi connectivity index (χ4n) is 1.53. The molecule has 5 nitrogen and oxygen atoms in total. The Balaban J connectivity index is 3.21. The van der Waals surface area contributed by atoms with Gasteiger partial charge in [-0.15, -0.1) is 0 Å². The number of carbonyl (C=O) groups is 1. The molecule has 0 radical (unpaired) electrons. The van der Waals surface area contributed by atoms with Crippen LogP contribution in [-0.4, -0.2) is 22.2 Å². The molecular formula is C12H17NO4. The number of rotatable bonds is 4. The van der Waals surface area contributed by atoms with E-state index < -0.39 is 11.5 Å². The Bertz CT molecular complexity index is 476. The Morgan fingerprint density at radius 3 is 2.65 bits per heavy atom. The summed E-state index contributed by atoms with van der Waals surface area (Å²) in [6.45, 7) is 3.95. The maximum atomic E-state index is 11.9. The van der Waals surface area contributed by atoms with E-state index in [0.29, 0.717) is 18.5 Å². The quantitative estimate of drug-likeness (QED) is 0.802. The van der Waals surface area contributed by atoms with Crippen molar-refractivity contribution in [1.82, 2.24) is 4.57 Å². The van der Waals surface area contributed by atoms with Crippen LogP contribution in [0.4, 0.5) is 0 Å². The van der Waals surface area contributed by atoms with Gasteiger partial charge in [0.25, 0.3) is 5.56 Å². The van der Waals surface area contributed by atoms with Crippen molar-refractivity contribution in [3.05, 3.63) is 27.7 Å². The number of hydrogen-bond acceptors (Lipinski definition) is 4. The van der Waals surface area contributed by atoms with Crippen LogP contribution in [0.3, 0.4) is 0 Å². The number of aromatic hydroxyl groups is 1. The monoisotopic (exact) mass is 239 g/mol. The molecule has 0 spiro atoms. The van der Waals surface area contributed by atoms with E-state index in [2.05, 4.69) is 0 Å². The molecule has 5 heteroatoms. The summed E-state index contributed by atoms with van der Waals surface area (Å²) >= 11 is 0. The molecule has 0 aliphatic carbocycles. The largest absolute Gasteiger partial charge is 0.507 e. The van der Waals surface area contributed by atoms with Crippen molar-refractivity contribution in [2.75, 3.05) is 6.61 Å². The van der Waals surface area contributed by atoms with E-state index in [-0.39, 0.29) is 17.9 Å². The smallest absolute Gasteiger partial charge is 0.347 e. The molecule has 0 amide bonds. The minimum atomic E-state index is -0.771. The predicted molar refractivity (Wildman–Crippen MR) is 63.3 cm³/mol. The molecule has 94 valence electrons. The van der Waals surface area contributed by atoms with Crippen LogP contribution in [0, 0.1) is 0 Å². The van der Waals surface area contributed by atoms with Gasteiger partial charge in [0.05, 0.1) is 6.61 Å². The second kappa shape index (κ2) is 5.52. The van der Waals surface area contributed by atoms with Crippen LogP contribution < -0.4 is 5.56 Å². The number of pyridine rings is 1. The molecule has 1 aromatic rings. The summed E-state index contributed by atoms with van der Waals surface area (Å²) in [5.74, 6) is -1.08. The van der Waals surface area contributed by atoms with Gasteiger partial charge in [-0.3, -0.25) is 4.79 Å². The second-order valence-corrected chi connectivity index (χ2v) is 3.75. The molecule has 0 aromatic carbocycles. The zero-order valence-electron chi connectivity index (χ0n) is 10.3. The lowest BCUT2D eigenvalue weighted by Crippen LogP contribution is -2.27. The minimum absolute atomic E-state index is 0.233. The van der Waals surface area contributed by atoms with Gasteiger partial charge in [-0.25, -0.2) is 4.79 Å². The van der Waals surface area contributed by atoms with Gasteiger partial charge in [0.2, 0.25) is 0 Å². The molecule has 0 aliphatic heterocycles. The zero-order chi connectivity index (χ0) is 13.0. The SMILES string of the molecule is CCCOC(=O)c1c(O)cc(CC)n(C)c1=O. The molecule has 0 saturated heterocycles. The molecular weight excluding hydrogens is 222 g/mol. The highest BCUT2D eigenvalue weighted by molar-refractivity contribution is 5.92. The topological polar surface area (TPSA) is 68.5 Å². The van der Waals surface area contributed by atoms with Crippen molar-refractivity contribution in [2.45, 2.75) is 26.7 Å². The minimum Gasteiger partial charge on any atom is -0.507 e. The summed E-state index contributed by atoms with van der Waals surface area (Å²) in [5.41, 5.74) is -0.152. The molecule has 17 heavy (non-hydrogen) atoms. The van der Waals surface area contributed by atoms with Gasteiger partial charge >= 0.3 is 5.97 Å². The van der Waals surface area contributed by atoms with E-state index >= 15 is 0 Å². The second-order valence-electron chi connectivity index (χ2n) is 3.75. The Hall–Kier alpha value is -1.78. The third-order valence-electron chi connectivity index (χ3n) is 2.51. The van der Waals surface area contributed by atoms with Gasteiger partial charge in [0, 0.05) is 18.8 Å². The average Bonchev–Trinajstić information content (AvgIpc) is 2.31. The maximum Gasteiger partial charge on any atom is 0.347 e. The first-order valence-corrected chi connectivity index (χ1v) is 5.61. The van der Waals surface area contributed by atoms with Crippen molar-refractivity contribution in [2.24, 2.45) is 7.05 Å². The van der Waals surface area contributed by atoms with Gasteiger partial charge in [0.15, 0.2) is 5.56 Å². The number of aromatic nitrogens is 1. The van der Waals surface area contributed by atoms with Crippen LogP contribution in [0.15, 0.2) is 10.9 Å². The van der Waals surface area contributed by atoms with Gasteiger partial charge < -0.3 is 14.4 Å². The number of carbonyl (C=O) groups excluding carboxylic acids is 1. The van der Waals surface area contributed by atoms with Crippen LogP contribution in [0.5, 0.6) is 5.75 Å². The first-order valence-electron chi connectivity index (χ1n) is 5.61. The van der Waals surface area contributed by atoms with E-state index in [0.717, 1.165) is 0 Å². The summed E-state index contributed by atoms with van der Waals surface area (Å²) in [5, 5.41) is 9.68. The Morgan fingerprint density at radius 2 is 2.12 bits per heavy atom. The molecule has 0 saturated carbocycles. The lowest BCUT2D eigenvalue weighted by atomic mass is 10.2. The van der Waals surface area contributed by atoms with E-state index in [1.54, 1.807) is 7.05 Å². The van der Waals surface area contributed by atoms with Crippen LogP contribution in [0.25, 0.3) is 0 Å². The van der Waals surface area contributed by atoms with Crippen molar-refractivity contribution >= 4 is 5.97 Å². The number of aryl methyl sites for hydroxylation is 1. The molecule has 0 fully saturated rings. The highest BCUT2D eigenvalue weighted by atomic mass is 16.5. The van der Waals surface area contributed by atoms with Crippen molar-refractivity contribution in [3.8, 4) is 5.75 Å². The third kappa shape index (κ3) is 2.67. The number of nitrogens with zero attached hydrogens (tertiary/aromatic N) is 1. The number of esters is 1. The van der Waals surface area contributed by atoms with E-state index in [1.807, 2.05) is 13.8 Å². The Kier molecular flexibility index (Phi) is 4.31. The Labute approximate surface area is 99.6 Å². The van der Waals surface area contributed by atoms with Crippen LogP contribution >= 0.6 is 0 Å². The van der Waals surface area contributed by atoms with E-state index in [1.165, 1.54) is 10.6 Å². The fourth-order valence-corrected chi connectivity index (χ4v) is 1.53. The van der Waals surface area contributed by atoms with Crippen molar-refractivity contribution < 1.29 is 14.6 Å². The highest BCUT2D eigenvalue weighted by Crippen LogP contribution is 2.16. The van der Waals surface area contributed by atoms with Crippen molar-refractivity contribution in [1.29, 1.82) is 0 Å². The highest BCUT2D eigenvalue weighted by Gasteiger charge is 2.20. The molecule has 0 aliphatic rings. The lowest BCUT2D eigenvalue weighted by molar-refractivity contribution is 0.0499. The van der Waals surface area contributed by atoms with Gasteiger partial charge in [-0.1, -0.05) is 13.8 Å². The first kappa shape index (κ1) is 13.3. The van der Waals surface area contributed by atoms with E-state index in [4.69, 9.17) is 4.74 Å².